The summed E-state index contributed by atoms with van der Waals surface area (Å²) in [5.41, 5.74) is 1.69. The van der Waals surface area contributed by atoms with Gasteiger partial charge in [-0.2, -0.15) is 0 Å². The number of hydrogen-bond acceptors (Lipinski definition) is 5. The first-order valence-corrected chi connectivity index (χ1v) is 13.2. The van der Waals surface area contributed by atoms with Gasteiger partial charge in [0.25, 0.3) is 0 Å². The van der Waals surface area contributed by atoms with E-state index in [9.17, 15) is 0 Å². The topological polar surface area (TPSA) is 52.0 Å². The van der Waals surface area contributed by atoms with E-state index in [0.717, 1.165) is 38.0 Å². The summed E-state index contributed by atoms with van der Waals surface area (Å²) < 4.78 is 0. The third kappa shape index (κ3) is 2.58. The Labute approximate surface area is 192 Å². The maximum absolute atomic E-state index is 4.96. The van der Waals surface area contributed by atoms with Crippen molar-refractivity contribution in [3.63, 3.8) is 0 Å². The van der Waals surface area contributed by atoms with E-state index in [2.05, 4.69) is 58.3 Å². The van der Waals surface area contributed by atoms with Crippen LogP contribution in [0.4, 0.5) is 5.69 Å². The van der Waals surface area contributed by atoms with E-state index >= 15 is 0 Å². The van der Waals surface area contributed by atoms with E-state index in [1.807, 2.05) is 0 Å². The van der Waals surface area contributed by atoms with Gasteiger partial charge >= 0.3 is 0 Å². The van der Waals surface area contributed by atoms with E-state index in [4.69, 9.17) is 9.98 Å². The summed E-state index contributed by atoms with van der Waals surface area (Å²) in [6.07, 6.45) is 13.3. The number of benzene rings is 1. The highest BCUT2D eigenvalue weighted by atomic mass is 15.4. The summed E-state index contributed by atoms with van der Waals surface area (Å²) in [4.78, 5) is 12.7. The van der Waals surface area contributed by atoms with Gasteiger partial charge in [0.15, 0.2) is 0 Å². The minimum Gasteiger partial charge on any atom is -0.340 e. The van der Waals surface area contributed by atoms with Crippen molar-refractivity contribution >= 4 is 18.1 Å². The Kier molecular flexibility index (Phi) is 4.72. The number of fused-ring (bicyclic) bond motifs is 9. The molecule has 0 bridgehead atoms. The summed E-state index contributed by atoms with van der Waals surface area (Å²) >= 11 is 0. The molecule has 1 aromatic carbocycles. The molecule has 1 aliphatic carbocycles. The number of para-hydroxylation sites is 1. The van der Waals surface area contributed by atoms with Gasteiger partial charge in [-0.1, -0.05) is 18.2 Å². The fourth-order valence-corrected chi connectivity index (χ4v) is 9.40. The highest BCUT2D eigenvalue weighted by Gasteiger charge is 2.70. The van der Waals surface area contributed by atoms with Crippen molar-refractivity contribution in [1.82, 2.24) is 10.6 Å². The molecule has 2 N–H and O–H groups in total. The van der Waals surface area contributed by atoms with Gasteiger partial charge in [0, 0.05) is 30.9 Å². The van der Waals surface area contributed by atoms with Crippen LogP contribution < -0.4 is 15.5 Å². The molecule has 5 nitrogen and oxygen atoms in total. The SMILES string of the molecule is C1=NCCC2C3CC=NCC3C3(C12)C1CCCNC1N(c1ccccc1)C1NCCCC13. The number of hydrogen-bond donors (Lipinski definition) is 2. The maximum Gasteiger partial charge on any atom is 0.0845 e. The molecule has 3 saturated heterocycles. The van der Waals surface area contributed by atoms with Crippen molar-refractivity contribution in [2.24, 2.45) is 50.9 Å². The first kappa shape index (κ1) is 19.7. The van der Waals surface area contributed by atoms with Crippen molar-refractivity contribution in [1.29, 1.82) is 0 Å². The second-order valence-corrected chi connectivity index (χ2v) is 11.1. The zero-order valence-corrected chi connectivity index (χ0v) is 19.1. The van der Waals surface area contributed by atoms with Crippen LogP contribution in [0.25, 0.3) is 0 Å². The lowest BCUT2D eigenvalue weighted by molar-refractivity contribution is -0.0960. The number of aliphatic imine (C=N–C) groups is 2. The average molecular weight is 432 g/mol. The minimum absolute atomic E-state index is 0.318. The zero-order chi connectivity index (χ0) is 21.1. The lowest BCUT2D eigenvalue weighted by Crippen LogP contribution is -2.75. The molecule has 6 aliphatic rings. The second kappa shape index (κ2) is 7.66. The first-order valence-electron chi connectivity index (χ1n) is 13.2. The Morgan fingerprint density at radius 1 is 0.844 bits per heavy atom. The molecule has 5 aliphatic heterocycles. The summed E-state index contributed by atoms with van der Waals surface area (Å²) in [6, 6.07) is 11.2. The molecular formula is C27H37N5. The number of rotatable bonds is 1. The van der Waals surface area contributed by atoms with Gasteiger partial charge in [-0.3, -0.25) is 20.6 Å². The molecule has 170 valence electrons. The van der Waals surface area contributed by atoms with Crippen LogP contribution in [0, 0.1) is 40.9 Å². The number of nitrogens with one attached hydrogen (secondary N) is 2. The molecule has 0 radical (unpaired) electrons. The molecule has 4 fully saturated rings. The maximum atomic E-state index is 4.96. The Bertz CT molecular complexity index is 873. The lowest BCUT2D eigenvalue weighted by atomic mass is 9.49. The fraction of sp³-hybridized carbons (Fsp3) is 0.704. The van der Waals surface area contributed by atoms with E-state index in [1.165, 1.54) is 44.2 Å². The number of anilines is 1. The molecule has 5 heterocycles. The molecule has 1 saturated carbocycles. The van der Waals surface area contributed by atoms with Gasteiger partial charge in [-0.15, -0.1) is 0 Å². The van der Waals surface area contributed by atoms with Crippen LogP contribution in [0.2, 0.25) is 0 Å². The van der Waals surface area contributed by atoms with Crippen molar-refractivity contribution in [2.75, 3.05) is 31.1 Å². The molecule has 1 aromatic rings. The van der Waals surface area contributed by atoms with E-state index < -0.39 is 0 Å². The van der Waals surface area contributed by atoms with Crippen molar-refractivity contribution in [2.45, 2.75) is 50.9 Å². The fourth-order valence-electron chi connectivity index (χ4n) is 9.40. The monoisotopic (exact) mass is 431 g/mol. The van der Waals surface area contributed by atoms with Gasteiger partial charge in [0.1, 0.15) is 0 Å². The average Bonchev–Trinajstić information content (AvgIpc) is 3.16. The molecule has 8 unspecified atom stereocenters. The van der Waals surface area contributed by atoms with Crippen LogP contribution >= 0.6 is 0 Å². The van der Waals surface area contributed by atoms with Crippen molar-refractivity contribution in [3.8, 4) is 0 Å². The summed E-state index contributed by atoms with van der Waals surface area (Å²) in [5.74, 6) is 4.28. The first-order chi connectivity index (χ1) is 15.9. The minimum atomic E-state index is 0.318. The predicted octanol–water partition coefficient (Wildman–Crippen LogP) is 3.57. The summed E-state index contributed by atoms with van der Waals surface area (Å²) in [5, 5.41) is 8.10. The van der Waals surface area contributed by atoms with Gasteiger partial charge in [0.2, 0.25) is 0 Å². The van der Waals surface area contributed by atoms with Crippen LogP contribution in [0.15, 0.2) is 40.3 Å². The summed E-state index contributed by atoms with van der Waals surface area (Å²) in [7, 11) is 0. The normalized spacial score (nSPS) is 46.9. The van der Waals surface area contributed by atoms with E-state index in [0.29, 0.717) is 41.4 Å². The van der Waals surface area contributed by atoms with Crippen molar-refractivity contribution < 1.29 is 0 Å². The van der Waals surface area contributed by atoms with Crippen molar-refractivity contribution in [3.05, 3.63) is 30.3 Å². The van der Waals surface area contributed by atoms with Gasteiger partial charge < -0.3 is 4.90 Å². The zero-order valence-electron chi connectivity index (χ0n) is 19.1. The van der Waals surface area contributed by atoms with Crippen LogP contribution in [0.5, 0.6) is 0 Å². The second-order valence-electron chi connectivity index (χ2n) is 11.1. The third-order valence-electron chi connectivity index (χ3n) is 10.2. The highest BCUT2D eigenvalue weighted by molar-refractivity contribution is 5.67. The predicted molar refractivity (Wildman–Crippen MR) is 130 cm³/mol. The number of nitrogens with zero attached hydrogens (tertiary/aromatic N) is 3. The van der Waals surface area contributed by atoms with Crippen LogP contribution in [-0.2, 0) is 0 Å². The quantitative estimate of drug-likeness (QED) is 0.715. The Morgan fingerprint density at radius 3 is 2.34 bits per heavy atom. The molecule has 5 heteroatoms. The molecule has 32 heavy (non-hydrogen) atoms. The largest absolute Gasteiger partial charge is 0.340 e. The van der Waals surface area contributed by atoms with Gasteiger partial charge in [-0.25, -0.2) is 0 Å². The molecule has 7 rings (SSSR count). The third-order valence-corrected chi connectivity index (χ3v) is 10.2. The van der Waals surface area contributed by atoms with Crippen LogP contribution in [-0.4, -0.2) is 50.9 Å². The molecular weight excluding hydrogens is 394 g/mol. The van der Waals surface area contributed by atoms with E-state index in [-0.39, 0.29) is 0 Å². The van der Waals surface area contributed by atoms with Crippen LogP contribution in [0.1, 0.15) is 38.5 Å². The van der Waals surface area contributed by atoms with Gasteiger partial charge in [0.05, 0.1) is 12.3 Å². The summed E-state index contributed by atoms with van der Waals surface area (Å²) in [6.45, 7) is 4.34. The Balaban J connectivity index is 1.42. The molecule has 8 atom stereocenters. The van der Waals surface area contributed by atoms with E-state index in [1.54, 1.807) is 0 Å². The Morgan fingerprint density at radius 2 is 1.59 bits per heavy atom. The lowest BCUT2D eigenvalue weighted by Gasteiger charge is -2.66. The number of piperidine rings is 3. The highest BCUT2D eigenvalue weighted by Crippen LogP contribution is 2.69. The molecule has 0 amide bonds. The van der Waals surface area contributed by atoms with Gasteiger partial charge in [-0.05, 0) is 105 Å². The van der Waals surface area contributed by atoms with Crippen LogP contribution in [0.3, 0.4) is 0 Å². The standard InChI is InChI=1S/C27H37N5/c1-2-6-18(7-3-1)32-25-21(8-4-12-30-25)27(22-9-5-13-31-26(22)32)23-16-28-14-10-19(23)20-11-15-29-17-24(20)27/h1-3,6-7,14,17,19-26,30-31H,4-5,8-13,15-16H2. The molecule has 0 aromatic heterocycles. The molecule has 1 spiro atoms. The smallest absolute Gasteiger partial charge is 0.0845 e. The Hall–Kier alpha value is -1.72.